The zero-order valence-corrected chi connectivity index (χ0v) is 16.9. The molecular formula is C20H22N2O2S2. The fraction of sp³-hybridized carbons (Fsp3) is 0.300. The molecule has 0 N–H and O–H groups in total. The molecule has 2 aromatic rings. The number of amides is 1. The molecule has 1 fully saturated rings. The van der Waals surface area contributed by atoms with Crippen molar-refractivity contribution < 1.29 is 9.21 Å². The van der Waals surface area contributed by atoms with Crippen molar-refractivity contribution in [1.29, 1.82) is 0 Å². The Hall–Kier alpha value is -1.92. The van der Waals surface area contributed by atoms with E-state index in [2.05, 4.69) is 4.99 Å². The van der Waals surface area contributed by atoms with Crippen LogP contribution in [-0.4, -0.2) is 28.1 Å². The van der Waals surface area contributed by atoms with Crippen LogP contribution in [0, 0.1) is 0 Å². The summed E-state index contributed by atoms with van der Waals surface area (Å²) in [7, 11) is 0. The Balaban J connectivity index is 1.80. The van der Waals surface area contributed by atoms with E-state index in [4.69, 9.17) is 4.42 Å². The Labute approximate surface area is 162 Å². The van der Waals surface area contributed by atoms with E-state index < -0.39 is 0 Å². The first-order valence-electron chi connectivity index (χ1n) is 8.57. The van der Waals surface area contributed by atoms with Gasteiger partial charge in [-0.05, 0) is 63.7 Å². The van der Waals surface area contributed by atoms with Crippen LogP contribution in [-0.2, 0) is 4.79 Å². The van der Waals surface area contributed by atoms with Crippen molar-refractivity contribution in [3.63, 3.8) is 0 Å². The lowest BCUT2D eigenvalue weighted by atomic mass is 10.3. The molecular weight excluding hydrogens is 364 g/mol. The molecule has 1 aliphatic rings. The van der Waals surface area contributed by atoms with Crippen molar-refractivity contribution in [2.75, 3.05) is 0 Å². The highest BCUT2D eigenvalue weighted by Crippen LogP contribution is 2.35. The summed E-state index contributed by atoms with van der Waals surface area (Å²) in [5, 5.41) is 1.56. The number of nitrogens with zero attached hydrogens (tertiary/aromatic N) is 2. The molecule has 4 nitrogen and oxygen atoms in total. The minimum atomic E-state index is -0.0157. The molecule has 1 aromatic carbocycles. The summed E-state index contributed by atoms with van der Waals surface area (Å²) in [5.74, 6) is 0.659. The largest absolute Gasteiger partial charge is 0.450 e. The van der Waals surface area contributed by atoms with Crippen LogP contribution < -0.4 is 0 Å². The molecule has 0 unspecified atom stereocenters. The van der Waals surface area contributed by atoms with Gasteiger partial charge in [0.05, 0.1) is 4.91 Å². The second kappa shape index (κ2) is 8.18. The fourth-order valence-electron chi connectivity index (χ4n) is 2.45. The standard InChI is InChI=1S/C20H22N2O2S2/c1-13(2)21-20-22(14(3)4)19(23)17(26-20)12-15-10-11-18(24-15)25-16-8-6-5-7-9-16/h5-14H,1-4H3/b17-12+,21-20?. The maximum atomic E-state index is 12.8. The van der Waals surface area contributed by atoms with Gasteiger partial charge in [0, 0.05) is 23.1 Å². The predicted molar refractivity (Wildman–Crippen MR) is 109 cm³/mol. The number of thioether (sulfide) groups is 1. The van der Waals surface area contributed by atoms with Crippen LogP contribution in [0.1, 0.15) is 33.5 Å². The highest BCUT2D eigenvalue weighted by molar-refractivity contribution is 8.18. The molecule has 0 spiro atoms. The molecule has 0 aliphatic carbocycles. The van der Waals surface area contributed by atoms with E-state index in [1.807, 2.05) is 70.2 Å². The highest BCUT2D eigenvalue weighted by atomic mass is 32.2. The summed E-state index contributed by atoms with van der Waals surface area (Å²) in [4.78, 5) is 20.8. The molecule has 26 heavy (non-hydrogen) atoms. The van der Waals surface area contributed by atoms with Gasteiger partial charge in [-0.25, -0.2) is 0 Å². The number of benzene rings is 1. The van der Waals surface area contributed by atoms with Crippen molar-refractivity contribution in [1.82, 2.24) is 4.90 Å². The molecule has 3 rings (SSSR count). The van der Waals surface area contributed by atoms with Gasteiger partial charge in [0.2, 0.25) is 0 Å². The SMILES string of the molecule is CC(C)N=C1S/C(=C/c2ccc(Sc3ccccc3)o2)C(=O)N1C(C)C. The summed E-state index contributed by atoms with van der Waals surface area (Å²) >= 11 is 2.97. The molecule has 136 valence electrons. The summed E-state index contributed by atoms with van der Waals surface area (Å²) < 4.78 is 5.87. The maximum Gasteiger partial charge on any atom is 0.267 e. The van der Waals surface area contributed by atoms with Gasteiger partial charge < -0.3 is 4.42 Å². The topological polar surface area (TPSA) is 45.8 Å². The van der Waals surface area contributed by atoms with Gasteiger partial charge >= 0.3 is 0 Å². The van der Waals surface area contributed by atoms with E-state index in [9.17, 15) is 4.79 Å². The average Bonchev–Trinajstić information content (AvgIpc) is 3.13. The van der Waals surface area contributed by atoms with Crippen LogP contribution in [0.5, 0.6) is 0 Å². The minimum Gasteiger partial charge on any atom is -0.450 e. The number of rotatable bonds is 5. The zero-order valence-electron chi connectivity index (χ0n) is 15.3. The molecule has 2 heterocycles. The van der Waals surface area contributed by atoms with E-state index >= 15 is 0 Å². The predicted octanol–water partition coefficient (Wildman–Crippen LogP) is 5.52. The lowest BCUT2D eigenvalue weighted by Crippen LogP contribution is -2.35. The summed E-state index contributed by atoms with van der Waals surface area (Å²) in [6.07, 6.45) is 1.81. The van der Waals surface area contributed by atoms with Gasteiger partial charge in [0.1, 0.15) is 5.76 Å². The highest BCUT2D eigenvalue weighted by Gasteiger charge is 2.35. The Morgan fingerprint density at radius 3 is 2.50 bits per heavy atom. The molecule has 0 atom stereocenters. The Kier molecular flexibility index (Phi) is 5.94. The summed E-state index contributed by atoms with van der Waals surface area (Å²) in [6.45, 7) is 8.02. The molecule has 0 radical (unpaired) electrons. The number of carbonyl (C=O) groups excluding carboxylic acids is 1. The van der Waals surface area contributed by atoms with Crippen LogP contribution in [0.4, 0.5) is 0 Å². The Morgan fingerprint density at radius 2 is 1.85 bits per heavy atom. The van der Waals surface area contributed by atoms with Crippen molar-refractivity contribution in [2.24, 2.45) is 4.99 Å². The van der Waals surface area contributed by atoms with Crippen LogP contribution in [0.2, 0.25) is 0 Å². The third-order valence-corrected chi connectivity index (χ3v) is 5.48. The molecule has 0 bridgehead atoms. The lowest BCUT2D eigenvalue weighted by molar-refractivity contribution is -0.123. The second-order valence-corrected chi connectivity index (χ2v) is 8.54. The van der Waals surface area contributed by atoms with Gasteiger partial charge in [-0.1, -0.05) is 30.0 Å². The number of aliphatic imine (C=N–C) groups is 1. The third-order valence-electron chi connectivity index (χ3n) is 3.56. The molecule has 6 heteroatoms. The number of carbonyl (C=O) groups is 1. The molecule has 1 amide bonds. The average molecular weight is 387 g/mol. The smallest absolute Gasteiger partial charge is 0.267 e. The first-order valence-corrected chi connectivity index (χ1v) is 10.2. The first-order chi connectivity index (χ1) is 12.4. The minimum absolute atomic E-state index is 0.0157. The van der Waals surface area contributed by atoms with Crippen molar-refractivity contribution >= 4 is 40.7 Å². The van der Waals surface area contributed by atoms with Crippen molar-refractivity contribution in [3.8, 4) is 0 Å². The number of hydrogen-bond acceptors (Lipinski definition) is 5. The summed E-state index contributed by atoms with van der Waals surface area (Å²) in [6, 6.07) is 14.1. The fourth-order valence-corrected chi connectivity index (χ4v) is 4.47. The van der Waals surface area contributed by atoms with E-state index in [0.717, 1.165) is 15.2 Å². The molecule has 0 saturated carbocycles. The molecule has 1 aromatic heterocycles. The van der Waals surface area contributed by atoms with Crippen molar-refractivity contribution in [2.45, 2.75) is 49.8 Å². The molecule has 1 aliphatic heterocycles. The van der Waals surface area contributed by atoms with Gasteiger partial charge in [0.15, 0.2) is 10.3 Å². The zero-order chi connectivity index (χ0) is 18.7. The van der Waals surface area contributed by atoms with E-state index in [-0.39, 0.29) is 18.0 Å². The van der Waals surface area contributed by atoms with Gasteiger partial charge in [-0.2, -0.15) is 0 Å². The van der Waals surface area contributed by atoms with Gasteiger partial charge in [-0.15, -0.1) is 0 Å². The van der Waals surface area contributed by atoms with Crippen molar-refractivity contribution in [3.05, 3.63) is 53.1 Å². The van der Waals surface area contributed by atoms with E-state index in [0.29, 0.717) is 10.7 Å². The van der Waals surface area contributed by atoms with Crippen LogP contribution in [0.15, 0.2) is 66.8 Å². The van der Waals surface area contributed by atoms with Gasteiger partial charge in [0.25, 0.3) is 5.91 Å². The quantitative estimate of drug-likeness (QED) is 0.635. The van der Waals surface area contributed by atoms with E-state index in [1.54, 1.807) is 22.7 Å². The second-order valence-electron chi connectivity index (χ2n) is 6.46. The first kappa shape index (κ1) is 18.9. The summed E-state index contributed by atoms with van der Waals surface area (Å²) in [5.41, 5.74) is 0. The maximum absolute atomic E-state index is 12.8. The van der Waals surface area contributed by atoms with Crippen LogP contribution >= 0.6 is 23.5 Å². The van der Waals surface area contributed by atoms with Crippen LogP contribution in [0.25, 0.3) is 6.08 Å². The third kappa shape index (κ3) is 4.43. The van der Waals surface area contributed by atoms with Crippen LogP contribution in [0.3, 0.4) is 0 Å². The number of hydrogen-bond donors (Lipinski definition) is 0. The number of furan rings is 1. The van der Waals surface area contributed by atoms with Gasteiger partial charge in [-0.3, -0.25) is 14.7 Å². The Bertz CT molecular complexity index is 839. The normalized spacial score (nSPS) is 18.1. The monoisotopic (exact) mass is 386 g/mol. The Morgan fingerprint density at radius 1 is 1.12 bits per heavy atom. The lowest BCUT2D eigenvalue weighted by Gasteiger charge is -2.20. The molecule has 1 saturated heterocycles. The van der Waals surface area contributed by atoms with E-state index in [1.165, 1.54) is 11.8 Å². The number of amidine groups is 1.